The predicted octanol–water partition coefficient (Wildman–Crippen LogP) is 1.93. The summed E-state index contributed by atoms with van der Waals surface area (Å²) in [5.74, 6) is -1.56. The topological polar surface area (TPSA) is 98.9 Å². The Balaban J connectivity index is 2.08. The minimum atomic E-state index is -1.14. The highest BCUT2D eigenvalue weighted by Gasteiger charge is 2.36. The van der Waals surface area contributed by atoms with Gasteiger partial charge in [-0.2, -0.15) is 0 Å². The van der Waals surface area contributed by atoms with Crippen LogP contribution in [-0.4, -0.2) is 73.8 Å². The van der Waals surface area contributed by atoms with Crippen molar-refractivity contribution in [3.05, 3.63) is 27.2 Å². The third-order valence-electron chi connectivity index (χ3n) is 4.43. The van der Waals surface area contributed by atoms with Crippen molar-refractivity contribution >= 4 is 50.6 Å². The fourth-order valence-electron chi connectivity index (χ4n) is 3.09. The van der Waals surface area contributed by atoms with Gasteiger partial charge in [-0.1, -0.05) is 11.6 Å². The lowest BCUT2D eigenvalue weighted by atomic mass is 10.1. The summed E-state index contributed by atoms with van der Waals surface area (Å²) >= 11 is 9.20. The summed E-state index contributed by atoms with van der Waals surface area (Å²) in [6.07, 6.45) is 0.302. The Morgan fingerprint density at radius 1 is 1.46 bits per heavy atom. The third-order valence-corrected chi connectivity index (χ3v) is 5.78. The first-order chi connectivity index (χ1) is 12.3. The molecule has 140 valence electrons. The van der Waals surface area contributed by atoms with Crippen LogP contribution in [0.5, 0.6) is 0 Å². The molecule has 1 fully saturated rings. The zero-order valence-electron chi connectivity index (χ0n) is 13.6. The van der Waals surface area contributed by atoms with Gasteiger partial charge in [0.25, 0.3) is 5.91 Å². The number of amides is 2. The second kappa shape index (κ2) is 7.01. The monoisotopic (exact) mass is 448 g/mol. The highest BCUT2D eigenvalue weighted by molar-refractivity contribution is 9.10. The number of hydrogen-bond acceptors (Lipinski definition) is 4. The molecule has 3 rings (SSSR count). The van der Waals surface area contributed by atoms with Gasteiger partial charge in [0, 0.05) is 26.7 Å². The molecule has 1 aliphatic heterocycles. The molecule has 0 aliphatic carbocycles. The number of piperazine rings is 1. The molecule has 0 spiro atoms. The quantitative estimate of drug-likeness (QED) is 0.683. The van der Waals surface area contributed by atoms with Crippen LogP contribution in [0.3, 0.4) is 0 Å². The van der Waals surface area contributed by atoms with Crippen LogP contribution in [0.4, 0.5) is 9.18 Å². The Morgan fingerprint density at radius 2 is 2.15 bits per heavy atom. The molecule has 2 heterocycles. The summed E-state index contributed by atoms with van der Waals surface area (Å²) in [6.45, 7) is -0.408. The number of imidazole rings is 1. The van der Waals surface area contributed by atoms with Gasteiger partial charge < -0.3 is 24.6 Å². The normalized spacial score (nSPS) is 17.8. The van der Waals surface area contributed by atoms with Gasteiger partial charge >= 0.3 is 6.09 Å². The number of carbonyl (C=O) groups excluding carboxylic acids is 1. The van der Waals surface area contributed by atoms with Gasteiger partial charge in [-0.15, -0.1) is 0 Å². The van der Waals surface area contributed by atoms with E-state index in [9.17, 15) is 19.1 Å². The molecule has 2 aromatic rings. The van der Waals surface area contributed by atoms with Crippen LogP contribution in [-0.2, 0) is 7.05 Å². The van der Waals surface area contributed by atoms with Crippen molar-refractivity contribution in [3.8, 4) is 0 Å². The molecular formula is C15H15BrClFN4O4. The molecule has 1 aliphatic rings. The number of rotatable bonds is 2. The van der Waals surface area contributed by atoms with E-state index in [1.54, 1.807) is 7.05 Å². The van der Waals surface area contributed by atoms with Crippen LogP contribution in [0, 0.1) is 5.82 Å². The number of nitrogens with zero attached hydrogens (tertiary/aromatic N) is 4. The fraction of sp³-hybridized carbons (Fsp3) is 0.400. The molecule has 1 aromatic carbocycles. The molecule has 26 heavy (non-hydrogen) atoms. The second-order valence-corrected chi connectivity index (χ2v) is 7.10. The molecule has 0 radical (unpaired) electrons. The van der Waals surface area contributed by atoms with Crippen LogP contribution >= 0.6 is 27.5 Å². The summed E-state index contributed by atoms with van der Waals surface area (Å²) in [6, 6.07) is -0.780. The van der Waals surface area contributed by atoms with E-state index in [1.165, 1.54) is 15.8 Å². The summed E-state index contributed by atoms with van der Waals surface area (Å²) < 4.78 is 16.6. The van der Waals surface area contributed by atoms with Gasteiger partial charge in [0.15, 0.2) is 5.82 Å². The zero-order chi connectivity index (χ0) is 19.2. The lowest BCUT2D eigenvalue weighted by Gasteiger charge is -2.39. The maximum Gasteiger partial charge on any atom is 0.407 e. The van der Waals surface area contributed by atoms with E-state index in [2.05, 4.69) is 20.9 Å². The van der Waals surface area contributed by atoms with E-state index < -0.39 is 30.5 Å². The van der Waals surface area contributed by atoms with E-state index >= 15 is 0 Å². The number of aliphatic hydroxyl groups is 1. The van der Waals surface area contributed by atoms with Crippen LogP contribution in [0.2, 0.25) is 5.02 Å². The van der Waals surface area contributed by atoms with Gasteiger partial charge in [0.1, 0.15) is 11.1 Å². The summed E-state index contributed by atoms with van der Waals surface area (Å²) in [5.41, 5.74) is 0.350. The lowest BCUT2D eigenvalue weighted by Crippen LogP contribution is -2.57. The lowest BCUT2D eigenvalue weighted by molar-refractivity contribution is 0.0308. The number of benzene rings is 1. The standard InChI is InChI=1S/C15H15BrClFN4O4/c1-20-6-19-12-9(16)10(17)11(18)8(13(12)20)14(24)22-3-2-21(15(25)26)4-7(22)5-23/h6-7,23H,2-5H2,1H3,(H,25,26). The predicted molar refractivity (Wildman–Crippen MR) is 94.9 cm³/mol. The highest BCUT2D eigenvalue weighted by atomic mass is 79.9. The van der Waals surface area contributed by atoms with Crippen LogP contribution in [0.1, 0.15) is 10.4 Å². The van der Waals surface area contributed by atoms with Crippen LogP contribution in [0.15, 0.2) is 10.8 Å². The Labute approximate surface area is 160 Å². The average molecular weight is 450 g/mol. The van der Waals surface area contributed by atoms with Crippen LogP contribution < -0.4 is 0 Å². The zero-order valence-corrected chi connectivity index (χ0v) is 16.0. The largest absolute Gasteiger partial charge is 0.465 e. The first-order valence-electron chi connectivity index (χ1n) is 7.65. The van der Waals surface area contributed by atoms with Crippen molar-refractivity contribution in [1.82, 2.24) is 19.4 Å². The summed E-state index contributed by atoms with van der Waals surface area (Å²) in [5, 5.41) is 18.4. The molecule has 2 amide bonds. The number of halogens is 3. The Kier molecular flexibility index (Phi) is 5.09. The molecule has 1 atom stereocenters. The van der Waals surface area contributed by atoms with Gasteiger partial charge in [0.2, 0.25) is 0 Å². The third kappa shape index (κ3) is 2.91. The maximum absolute atomic E-state index is 14.9. The van der Waals surface area contributed by atoms with E-state index in [-0.39, 0.29) is 40.2 Å². The highest BCUT2D eigenvalue weighted by Crippen LogP contribution is 2.36. The van der Waals surface area contributed by atoms with Gasteiger partial charge in [-0.3, -0.25) is 4.79 Å². The molecule has 1 aromatic heterocycles. The number of aryl methyl sites for hydroxylation is 1. The first kappa shape index (κ1) is 18.9. The second-order valence-electron chi connectivity index (χ2n) is 5.93. The Hall–Kier alpha value is -1.91. The van der Waals surface area contributed by atoms with Crippen LogP contribution in [0.25, 0.3) is 11.0 Å². The van der Waals surface area contributed by atoms with E-state index in [4.69, 9.17) is 16.7 Å². The van der Waals surface area contributed by atoms with E-state index in [0.29, 0.717) is 5.52 Å². The smallest absolute Gasteiger partial charge is 0.407 e. The van der Waals surface area contributed by atoms with E-state index in [1.807, 2.05) is 0 Å². The molecular weight excluding hydrogens is 435 g/mol. The molecule has 11 heteroatoms. The molecule has 0 saturated carbocycles. The number of aromatic nitrogens is 2. The number of fused-ring (bicyclic) bond motifs is 1. The van der Waals surface area contributed by atoms with Gasteiger partial charge in [0.05, 0.1) is 34.0 Å². The van der Waals surface area contributed by atoms with Crippen molar-refractivity contribution in [2.75, 3.05) is 26.2 Å². The van der Waals surface area contributed by atoms with Gasteiger partial charge in [-0.25, -0.2) is 14.2 Å². The summed E-state index contributed by atoms with van der Waals surface area (Å²) in [7, 11) is 1.62. The Bertz CT molecular complexity index is 906. The van der Waals surface area contributed by atoms with Crippen molar-refractivity contribution in [3.63, 3.8) is 0 Å². The minimum absolute atomic E-state index is 0.0306. The molecule has 2 N–H and O–H groups in total. The number of carboxylic acid groups (broad SMARTS) is 1. The van der Waals surface area contributed by atoms with E-state index in [0.717, 1.165) is 4.90 Å². The van der Waals surface area contributed by atoms with Crippen molar-refractivity contribution in [2.24, 2.45) is 7.05 Å². The molecule has 8 nitrogen and oxygen atoms in total. The first-order valence-corrected chi connectivity index (χ1v) is 8.82. The average Bonchev–Trinajstić information content (AvgIpc) is 3.00. The van der Waals surface area contributed by atoms with Crippen molar-refractivity contribution < 1.29 is 24.2 Å². The SMILES string of the molecule is Cn1cnc2c(Br)c(Cl)c(F)c(C(=O)N3CCN(C(=O)O)CC3CO)c21. The number of hydrogen-bond donors (Lipinski definition) is 2. The van der Waals surface area contributed by atoms with Crippen molar-refractivity contribution in [2.45, 2.75) is 6.04 Å². The number of carbonyl (C=O) groups is 2. The molecule has 0 bridgehead atoms. The summed E-state index contributed by atoms with van der Waals surface area (Å²) in [4.78, 5) is 30.7. The Morgan fingerprint density at radius 3 is 2.77 bits per heavy atom. The van der Waals surface area contributed by atoms with Crippen molar-refractivity contribution in [1.29, 1.82) is 0 Å². The fourth-order valence-corrected chi connectivity index (χ4v) is 3.74. The molecule has 1 saturated heterocycles. The maximum atomic E-state index is 14.9. The number of aliphatic hydroxyl groups excluding tert-OH is 1. The minimum Gasteiger partial charge on any atom is -0.465 e. The van der Waals surface area contributed by atoms with Gasteiger partial charge in [-0.05, 0) is 15.9 Å². The molecule has 1 unspecified atom stereocenters.